The van der Waals surface area contributed by atoms with E-state index in [4.69, 9.17) is 4.74 Å². The van der Waals surface area contributed by atoms with Crippen LogP contribution in [0.5, 0.6) is 0 Å². The number of piperidine rings is 1. The summed E-state index contributed by atoms with van der Waals surface area (Å²) in [5.41, 5.74) is 1.20. The summed E-state index contributed by atoms with van der Waals surface area (Å²) in [6.07, 6.45) is 6.04. The molecule has 8 heteroatoms. The quantitative estimate of drug-likeness (QED) is 0.868. The van der Waals surface area contributed by atoms with Crippen LogP contribution in [-0.2, 0) is 16.1 Å². The Morgan fingerprint density at radius 2 is 2.08 bits per heavy atom. The van der Waals surface area contributed by atoms with E-state index in [1.54, 1.807) is 0 Å². The second-order valence-corrected chi connectivity index (χ2v) is 6.52. The van der Waals surface area contributed by atoms with Crippen LogP contribution in [0.2, 0.25) is 0 Å². The highest BCUT2D eigenvalue weighted by molar-refractivity contribution is 5.85. The molecule has 3 heterocycles. The van der Waals surface area contributed by atoms with Crippen LogP contribution in [-0.4, -0.2) is 59.0 Å². The van der Waals surface area contributed by atoms with Crippen LogP contribution in [0, 0.1) is 12.8 Å². The molecule has 1 aromatic rings. The molecule has 6 nitrogen and oxygen atoms in total. The molecular formula is C16H28Cl2N4O2. The average Bonchev–Trinajstić information content (AvgIpc) is 2.93. The molecule has 0 spiro atoms. The molecule has 0 aliphatic carbocycles. The van der Waals surface area contributed by atoms with E-state index < -0.39 is 0 Å². The van der Waals surface area contributed by atoms with Crippen LogP contribution in [0.25, 0.3) is 0 Å². The molecule has 0 aromatic carbocycles. The van der Waals surface area contributed by atoms with E-state index in [2.05, 4.69) is 23.5 Å². The number of morpholine rings is 1. The molecule has 1 amide bonds. The molecular weight excluding hydrogens is 351 g/mol. The van der Waals surface area contributed by atoms with Crippen molar-refractivity contribution in [3.63, 3.8) is 0 Å². The lowest BCUT2D eigenvalue weighted by Crippen LogP contribution is -2.57. The number of hydrogen-bond acceptors (Lipinski definition) is 4. The molecule has 2 aliphatic heterocycles. The van der Waals surface area contributed by atoms with E-state index in [-0.39, 0.29) is 42.9 Å². The highest BCUT2D eigenvalue weighted by atomic mass is 35.5. The Bertz CT molecular complexity index is 518. The van der Waals surface area contributed by atoms with E-state index in [9.17, 15) is 4.79 Å². The van der Waals surface area contributed by atoms with Gasteiger partial charge >= 0.3 is 0 Å². The summed E-state index contributed by atoms with van der Waals surface area (Å²) in [7, 11) is 0. The lowest BCUT2D eigenvalue weighted by Gasteiger charge is -2.37. The number of amides is 1. The first-order valence-corrected chi connectivity index (χ1v) is 8.26. The van der Waals surface area contributed by atoms with Crippen LogP contribution in [0.15, 0.2) is 12.4 Å². The molecule has 2 atom stereocenters. The molecule has 0 unspecified atom stereocenters. The van der Waals surface area contributed by atoms with Crippen molar-refractivity contribution in [2.45, 2.75) is 45.4 Å². The predicted molar refractivity (Wildman–Crippen MR) is 98.0 cm³/mol. The average molecular weight is 379 g/mol. The maximum Gasteiger partial charge on any atom is 0.242 e. The van der Waals surface area contributed by atoms with Gasteiger partial charge in [0.1, 0.15) is 6.04 Å². The number of rotatable bonds is 3. The van der Waals surface area contributed by atoms with Gasteiger partial charge in [0.2, 0.25) is 5.91 Å². The molecule has 0 bridgehead atoms. The summed E-state index contributed by atoms with van der Waals surface area (Å²) >= 11 is 0. The third-order valence-electron chi connectivity index (χ3n) is 4.72. The van der Waals surface area contributed by atoms with Gasteiger partial charge in [0, 0.05) is 32.4 Å². The topological polar surface area (TPSA) is 59.4 Å². The number of likely N-dealkylation sites (tertiary alicyclic amines) is 1. The fourth-order valence-corrected chi connectivity index (χ4v) is 3.37. The lowest BCUT2D eigenvalue weighted by atomic mass is 9.96. The van der Waals surface area contributed by atoms with E-state index in [1.807, 2.05) is 22.7 Å². The number of aromatic nitrogens is 2. The molecule has 2 fully saturated rings. The molecule has 24 heavy (non-hydrogen) atoms. The Balaban J connectivity index is 0.00000144. The first kappa shape index (κ1) is 21.2. The Morgan fingerprint density at radius 3 is 2.67 bits per heavy atom. The number of carbonyl (C=O) groups excluding carboxylic acids is 1. The molecule has 1 N–H and O–H groups in total. The molecule has 0 radical (unpaired) electrons. The molecule has 1 aromatic heterocycles. The fourth-order valence-electron chi connectivity index (χ4n) is 3.37. The van der Waals surface area contributed by atoms with Crippen molar-refractivity contribution in [2.24, 2.45) is 5.92 Å². The van der Waals surface area contributed by atoms with Crippen molar-refractivity contribution in [2.75, 3.05) is 26.2 Å². The smallest absolute Gasteiger partial charge is 0.242 e. The maximum absolute atomic E-state index is 12.6. The molecule has 0 saturated carbocycles. The van der Waals surface area contributed by atoms with Crippen molar-refractivity contribution < 1.29 is 9.53 Å². The first-order chi connectivity index (χ1) is 10.6. The monoisotopic (exact) mass is 378 g/mol. The summed E-state index contributed by atoms with van der Waals surface area (Å²) in [5, 5.41) is 7.65. The normalized spacial score (nSPS) is 24.8. The zero-order valence-corrected chi connectivity index (χ0v) is 15.9. The number of ether oxygens (including phenoxy) is 1. The minimum atomic E-state index is -0.181. The van der Waals surface area contributed by atoms with Gasteiger partial charge in [-0.1, -0.05) is 0 Å². The molecule has 2 saturated heterocycles. The zero-order valence-electron chi connectivity index (χ0n) is 14.3. The van der Waals surface area contributed by atoms with Crippen LogP contribution >= 0.6 is 24.8 Å². The fraction of sp³-hybridized carbons (Fsp3) is 0.750. The third-order valence-corrected chi connectivity index (χ3v) is 4.72. The third kappa shape index (κ3) is 5.09. The molecule has 3 rings (SSSR count). The summed E-state index contributed by atoms with van der Waals surface area (Å²) in [6.45, 7) is 8.12. The van der Waals surface area contributed by atoms with Crippen LogP contribution in [0.4, 0.5) is 0 Å². The first-order valence-electron chi connectivity index (χ1n) is 8.26. The largest absolute Gasteiger partial charge is 0.375 e. The van der Waals surface area contributed by atoms with Crippen molar-refractivity contribution >= 4 is 30.7 Å². The second kappa shape index (κ2) is 9.61. The van der Waals surface area contributed by atoms with Gasteiger partial charge in [-0.05, 0) is 38.2 Å². The van der Waals surface area contributed by atoms with Crippen molar-refractivity contribution in [3.8, 4) is 0 Å². The number of aryl methyl sites for hydroxylation is 1. The number of nitrogens with zero attached hydrogens (tertiary/aromatic N) is 3. The number of carbonyl (C=O) groups is 1. The number of hydrogen-bond donors (Lipinski definition) is 1. The Hall–Kier alpha value is -0.820. The highest BCUT2D eigenvalue weighted by Crippen LogP contribution is 2.20. The minimum Gasteiger partial charge on any atom is -0.375 e. The van der Waals surface area contributed by atoms with Gasteiger partial charge in [-0.2, -0.15) is 5.10 Å². The maximum atomic E-state index is 12.6. The molecule has 2 aliphatic rings. The van der Waals surface area contributed by atoms with E-state index in [1.165, 1.54) is 5.56 Å². The van der Waals surface area contributed by atoms with Crippen molar-refractivity contribution in [1.82, 2.24) is 20.0 Å². The van der Waals surface area contributed by atoms with Crippen LogP contribution < -0.4 is 5.32 Å². The van der Waals surface area contributed by atoms with E-state index in [0.29, 0.717) is 12.5 Å². The van der Waals surface area contributed by atoms with Crippen molar-refractivity contribution in [1.29, 1.82) is 0 Å². The summed E-state index contributed by atoms with van der Waals surface area (Å²) < 4.78 is 7.61. The van der Waals surface area contributed by atoms with Gasteiger partial charge in [-0.25, -0.2) is 0 Å². The minimum absolute atomic E-state index is 0. The Morgan fingerprint density at radius 1 is 1.38 bits per heavy atom. The zero-order chi connectivity index (χ0) is 15.5. The summed E-state index contributed by atoms with van der Waals surface area (Å²) in [5.74, 6) is 0.803. The van der Waals surface area contributed by atoms with Gasteiger partial charge < -0.3 is 15.0 Å². The Labute approximate surface area is 156 Å². The summed E-state index contributed by atoms with van der Waals surface area (Å²) in [4.78, 5) is 14.6. The lowest BCUT2D eigenvalue weighted by molar-refractivity contribution is -0.140. The van der Waals surface area contributed by atoms with Crippen molar-refractivity contribution in [3.05, 3.63) is 18.0 Å². The standard InChI is InChI=1S/C16H26N4O2.2ClH/c1-12-9-18-20(10-12)11-14-3-6-19(7-4-14)16(21)15-13(2)22-8-5-17-15;;/h9-10,13-15,17H,3-8,11H2,1-2H3;2*1H/t13-,15+;;/m1../s1. The van der Waals surface area contributed by atoms with E-state index in [0.717, 1.165) is 39.0 Å². The van der Waals surface area contributed by atoms with Gasteiger partial charge in [0.05, 0.1) is 18.9 Å². The van der Waals surface area contributed by atoms with Gasteiger partial charge in [-0.15, -0.1) is 24.8 Å². The highest BCUT2D eigenvalue weighted by Gasteiger charge is 2.33. The van der Waals surface area contributed by atoms with Crippen LogP contribution in [0.3, 0.4) is 0 Å². The number of nitrogens with one attached hydrogen (secondary N) is 1. The van der Waals surface area contributed by atoms with Gasteiger partial charge in [0.15, 0.2) is 0 Å². The SMILES string of the molecule is Cc1cnn(CC2CCN(C(=O)[C@H]3NCCO[C@@H]3C)CC2)c1.Cl.Cl. The Kier molecular flexibility index (Phi) is 8.50. The molecule has 138 valence electrons. The van der Waals surface area contributed by atoms with Gasteiger partial charge in [-0.3, -0.25) is 9.48 Å². The predicted octanol–water partition coefficient (Wildman–Crippen LogP) is 1.65. The van der Waals surface area contributed by atoms with E-state index >= 15 is 0 Å². The second-order valence-electron chi connectivity index (χ2n) is 6.52. The summed E-state index contributed by atoms with van der Waals surface area (Å²) in [6, 6.07) is -0.181. The number of halogens is 2. The van der Waals surface area contributed by atoms with Gasteiger partial charge in [0.25, 0.3) is 0 Å². The van der Waals surface area contributed by atoms with Crippen LogP contribution in [0.1, 0.15) is 25.3 Å².